The molecule has 8 nitrogen and oxygen atoms in total. The van der Waals surface area contributed by atoms with E-state index < -0.39 is 5.97 Å². The lowest BCUT2D eigenvalue weighted by atomic mass is 10.1. The second-order valence-electron chi connectivity index (χ2n) is 7.60. The molecule has 0 aliphatic carbocycles. The number of hydrogen-bond donors (Lipinski definition) is 0. The van der Waals surface area contributed by atoms with Crippen LogP contribution in [0.15, 0.2) is 40.9 Å². The van der Waals surface area contributed by atoms with Gasteiger partial charge in [-0.3, -0.25) is 14.3 Å². The Labute approximate surface area is 184 Å². The van der Waals surface area contributed by atoms with Crippen LogP contribution in [0.5, 0.6) is 5.75 Å². The first-order valence-corrected chi connectivity index (χ1v) is 10.1. The molecule has 0 spiro atoms. The Morgan fingerprint density at radius 1 is 1.03 bits per heavy atom. The third kappa shape index (κ3) is 3.87. The van der Waals surface area contributed by atoms with Crippen LogP contribution in [0.3, 0.4) is 0 Å². The number of esters is 1. The lowest BCUT2D eigenvalue weighted by Crippen LogP contribution is -2.16. The molecule has 0 saturated heterocycles. The first-order valence-electron chi connectivity index (χ1n) is 10.1. The van der Waals surface area contributed by atoms with Gasteiger partial charge in [-0.15, -0.1) is 0 Å². The number of aryl methyl sites for hydroxylation is 3. The molecule has 4 aromatic rings. The number of aromatic nitrogens is 3. The van der Waals surface area contributed by atoms with Gasteiger partial charge in [0, 0.05) is 34.5 Å². The summed E-state index contributed by atoms with van der Waals surface area (Å²) in [6, 6.07) is 10.7. The molecule has 3 aromatic heterocycles. The van der Waals surface area contributed by atoms with Gasteiger partial charge in [0.25, 0.3) is 0 Å². The Morgan fingerprint density at radius 3 is 2.50 bits per heavy atom. The zero-order valence-electron chi connectivity index (χ0n) is 18.6. The maximum absolute atomic E-state index is 12.8. The van der Waals surface area contributed by atoms with Crippen molar-refractivity contribution in [3.8, 4) is 11.6 Å². The van der Waals surface area contributed by atoms with Gasteiger partial charge in [0.2, 0.25) is 5.78 Å². The summed E-state index contributed by atoms with van der Waals surface area (Å²) in [5.74, 6) is 1.06. The van der Waals surface area contributed by atoms with E-state index >= 15 is 0 Å². The minimum atomic E-state index is -0.595. The third-order valence-corrected chi connectivity index (χ3v) is 5.35. The van der Waals surface area contributed by atoms with Crippen LogP contribution < -0.4 is 4.74 Å². The first kappa shape index (κ1) is 21.3. The van der Waals surface area contributed by atoms with Gasteiger partial charge in [-0.05, 0) is 52.0 Å². The zero-order valence-corrected chi connectivity index (χ0v) is 18.6. The van der Waals surface area contributed by atoms with Crippen LogP contribution >= 0.6 is 0 Å². The largest absolute Gasteiger partial charge is 0.497 e. The number of ketones is 1. The summed E-state index contributed by atoms with van der Waals surface area (Å²) in [5, 5.41) is 4.79. The zero-order chi connectivity index (χ0) is 23.0. The maximum atomic E-state index is 12.8. The van der Waals surface area contributed by atoms with Crippen LogP contribution in [0.1, 0.15) is 43.6 Å². The molecule has 0 aliphatic rings. The van der Waals surface area contributed by atoms with Crippen molar-refractivity contribution in [3.05, 3.63) is 70.4 Å². The number of methoxy groups -OCH3 is 1. The van der Waals surface area contributed by atoms with Crippen molar-refractivity contribution in [2.75, 3.05) is 13.7 Å². The van der Waals surface area contributed by atoms with Crippen LogP contribution in [0, 0.1) is 27.7 Å². The molecule has 0 fully saturated rings. The van der Waals surface area contributed by atoms with Crippen molar-refractivity contribution in [3.63, 3.8) is 0 Å². The predicted molar refractivity (Wildman–Crippen MR) is 118 cm³/mol. The standard InChI is InChI=1S/C24H23N3O5/c1-13-8-20(16(4)27(13)23-9-14(2)32-26-23)22(28)12-31-24(29)19-10-17-6-7-18(30-5)11-21(17)25-15(19)3/h6-11H,12H2,1-5H3. The van der Waals surface area contributed by atoms with Gasteiger partial charge in [0.05, 0.1) is 23.9 Å². The highest BCUT2D eigenvalue weighted by atomic mass is 16.5. The molecule has 164 valence electrons. The number of carbonyl (C=O) groups is 2. The van der Waals surface area contributed by atoms with Gasteiger partial charge >= 0.3 is 5.97 Å². The lowest BCUT2D eigenvalue weighted by Gasteiger charge is -2.09. The number of benzene rings is 1. The van der Waals surface area contributed by atoms with Crippen LogP contribution in [0.25, 0.3) is 16.7 Å². The lowest BCUT2D eigenvalue weighted by molar-refractivity contribution is 0.0473. The van der Waals surface area contributed by atoms with Crippen molar-refractivity contribution in [2.24, 2.45) is 0 Å². The minimum Gasteiger partial charge on any atom is -0.497 e. The fraction of sp³-hybridized carbons (Fsp3) is 0.250. The predicted octanol–water partition coefficient (Wildman–Crippen LogP) is 4.30. The maximum Gasteiger partial charge on any atom is 0.340 e. The van der Waals surface area contributed by atoms with E-state index in [0.29, 0.717) is 45.4 Å². The van der Waals surface area contributed by atoms with Crippen LogP contribution in [0.4, 0.5) is 0 Å². The molecule has 0 amide bonds. The fourth-order valence-corrected chi connectivity index (χ4v) is 3.72. The normalized spacial score (nSPS) is 11.0. The molecular weight excluding hydrogens is 410 g/mol. The number of Topliss-reactive ketones (excluding diaryl/α,β-unsaturated/α-hetero) is 1. The molecule has 0 radical (unpaired) electrons. The molecule has 3 heterocycles. The van der Waals surface area contributed by atoms with E-state index in [2.05, 4.69) is 10.1 Å². The molecule has 0 aliphatic heterocycles. The molecule has 0 unspecified atom stereocenters. The molecular formula is C24H23N3O5. The molecule has 0 atom stereocenters. The smallest absolute Gasteiger partial charge is 0.340 e. The molecule has 8 heteroatoms. The summed E-state index contributed by atoms with van der Waals surface area (Å²) in [4.78, 5) is 30.0. The van der Waals surface area contributed by atoms with E-state index in [0.717, 1.165) is 11.1 Å². The van der Waals surface area contributed by atoms with Crippen LogP contribution in [-0.2, 0) is 4.74 Å². The Morgan fingerprint density at radius 2 is 1.81 bits per heavy atom. The summed E-state index contributed by atoms with van der Waals surface area (Å²) in [5.41, 5.74) is 3.55. The van der Waals surface area contributed by atoms with Gasteiger partial charge in [-0.25, -0.2) is 4.79 Å². The molecule has 4 rings (SSSR count). The quantitative estimate of drug-likeness (QED) is 0.330. The van der Waals surface area contributed by atoms with Crippen molar-refractivity contribution in [2.45, 2.75) is 27.7 Å². The highest BCUT2D eigenvalue weighted by molar-refractivity contribution is 6.01. The molecule has 0 saturated carbocycles. The Hall–Kier alpha value is -3.94. The SMILES string of the molecule is COc1ccc2cc(C(=O)OCC(=O)c3cc(C)n(-c4cc(C)on4)c3C)c(C)nc2c1. The summed E-state index contributed by atoms with van der Waals surface area (Å²) in [6.07, 6.45) is 0. The van der Waals surface area contributed by atoms with Crippen molar-refractivity contribution >= 4 is 22.7 Å². The van der Waals surface area contributed by atoms with Crippen molar-refractivity contribution < 1.29 is 23.6 Å². The number of pyridine rings is 1. The van der Waals surface area contributed by atoms with Crippen molar-refractivity contribution in [1.82, 2.24) is 14.7 Å². The van der Waals surface area contributed by atoms with Gasteiger partial charge in [0.1, 0.15) is 11.5 Å². The average Bonchev–Trinajstić information content (AvgIpc) is 3.32. The molecule has 32 heavy (non-hydrogen) atoms. The second kappa shape index (κ2) is 8.30. The van der Waals surface area contributed by atoms with E-state index in [1.54, 1.807) is 51.3 Å². The van der Waals surface area contributed by atoms with Crippen LogP contribution in [-0.4, -0.2) is 40.2 Å². The summed E-state index contributed by atoms with van der Waals surface area (Å²) in [7, 11) is 1.58. The number of ether oxygens (including phenoxy) is 2. The van der Waals surface area contributed by atoms with Gasteiger partial charge in [0.15, 0.2) is 12.4 Å². The highest BCUT2D eigenvalue weighted by Crippen LogP contribution is 2.23. The number of carbonyl (C=O) groups excluding carboxylic acids is 2. The van der Waals surface area contributed by atoms with E-state index in [9.17, 15) is 9.59 Å². The number of nitrogens with zero attached hydrogens (tertiary/aromatic N) is 3. The molecule has 0 N–H and O–H groups in total. The summed E-state index contributed by atoms with van der Waals surface area (Å²) >= 11 is 0. The Kier molecular flexibility index (Phi) is 5.52. The number of rotatable bonds is 6. The van der Waals surface area contributed by atoms with E-state index in [1.807, 2.05) is 24.5 Å². The first-order chi connectivity index (χ1) is 15.3. The molecule has 0 bridgehead atoms. The number of hydrogen-bond acceptors (Lipinski definition) is 7. The monoisotopic (exact) mass is 433 g/mol. The van der Waals surface area contributed by atoms with Crippen LogP contribution in [0.2, 0.25) is 0 Å². The average molecular weight is 433 g/mol. The Balaban J connectivity index is 1.52. The summed E-state index contributed by atoms with van der Waals surface area (Å²) in [6.45, 7) is 6.85. The highest BCUT2D eigenvalue weighted by Gasteiger charge is 2.21. The molecule has 1 aromatic carbocycles. The van der Waals surface area contributed by atoms with E-state index in [4.69, 9.17) is 14.0 Å². The third-order valence-electron chi connectivity index (χ3n) is 5.35. The topological polar surface area (TPSA) is 96.5 Å². The van der Waals surface area contributed by atoms with Gasteiger partial charge in [-0.1, -0.05) is 5.16 Å². The van der Waals surface area contributed by atoms with Gasteiger partial charge in [-0.2, -0.15) is 0 Å². The van der Waals surface area contributed by atoms with E-state index in [1.165, 1.54) is 0 Å². The fourth-order valence-electron chi connectivity index (χ4n) is 3.72. The summed E-state index contributed by atoms with van der Waals surface area (Å²) < 4.78 is 17.5. The minimum absolute atomic E-state index is 0.297. The van der Waals surface area contributed by atoms with Crippen molar-refractivity contribution in [1.29, 1.82) is 0 Å². The Bertz CT molecular complexity index is 1350. The second-order valence-corrected chi connectivity index (χ2v) is 7.60. The van der Waals surface area contributed by atoms with E-state index in [-0.39, 0.29) is 12.4 Å². The number of fused-ring (bicyclic) bond motifs is 1. The van der Waals surface area contributed by atoms with Gasteiger partial charge < -0.3 is 14.0 Å².